The molecule has 9 heteroatoms. The normalized spacial score (nSPS) is 15.4. The van der Waals surface area contributed by atoms with Crippen LogP contribution in [-0.4, -0.2) is 45.4 Å². The molecule has 0 spiro atoms. The van der Waals surface area contributed by atoms with Crippen molar-refractivity contribution in [3.63, 3.8) is 0 Å². The summed E-state index contributed by atoms with van der Waals surface area (Å²) in [6.07, 6.45) is 8.35. The van der Waals surface area contributed by atoms with Gasteiger partial charge in [-0.2, -0.15) is 0 Å². The minimum absolute atomic E-state index is 0.0505. The lowest BCUT2D eigenvalue weighted by atomic mass is 9.92. The van der Waals surface area contributed by atoms with Crippen molar-refractivity contribution < 1.29 is 19.2 Å². The quantitative estimate of drug-likeness (QED) is 0.191. The van der Waals surface area contributed by atoms with E-state index in [0.29, 0.717) is 41.1 Å². The molecule has 2 amide bonds. The van der Waals surface area contributed by atoms with Crippen molar-refractivity contribution in [3.05, 3.63) is 17.2 Å². The van der Waals surface area contributed by atoms with Crippen LogP contribution in [0.4, 0.5) is 4.39 Å². The molecular formula is C19H29FN4O3S. The molecule has 7 nitrogen and oxygen atoms in total. The highest BCUT2D eigenvalue weighted by Gasteiger charge is 2.27. The van der Waals surface area contributed by atoms with Gasteiger partial charge in [-0.15, -0.1) is 0 Å². The summed E-state index contributed by atoms with van der Waals surface area (Å²) in [5, 5.41) is 13.2. The van der Waals surface area contributed by atoms with Crippen molar-refractivity contribution in [2.75, 3.05) is 12.8 Å². The number of aromatic nitrogens is 2. The van der Waals surface area contributed by atoms with Crippen molar-refractivity contribution >= 4 is 24.1 Å². The highest BCUT2D eigenvalue weighted by Crippen LogP contribution is 2.30. The topological polar surface area (TPSA) is 95.4 Å². The fraction of sp³-hybridized carbons (Fsp3) is 0.684. The number of thioether (sulfide) groups is 1. The van der Waals surface area contributed by atoms with E-state index in [1.165, 1.54) is 11.8 Å². The summed E-state index contributed by atoms with van der Waals surface area (Å²) in [6, 6.07) is 0. The minimum atomic E-state index is -0.543. The van der Waals surface area contributed by atoms with Crippen LogP contribution in [0.1, 0.15) is 56.8 Å². The molecule has 0 aromatic carbocycles. The molecule has 1 aliphatic rings. The lowest BCUT2D eigenvalue weighted by Gasteiger charge is -2.22. The third-order valence-corrected chi connectivity index (χ3v) is 5.61. The van der Waals surface area contributed by atoms with Gasteiger partial charge in [0.15, 0.2) is 11.0 Å². The molecule has 0 unspecified atom stereocenters. The lowest BCUT2D eigenvalue weighted by Crippen LogP contribution is -2.38. The van der Waals surface area contributed by atoms with Crippen LogP contribution in [0.5, 0.6) is 0 Å². The number of nitrogens with zero attached hydrogens (tertiary/aromatic N) is 3. The maximum atomic E-state index is 14.6. The molecule has 28 heavy (non-hydrogen) atoms. The molecular weight excluding hydrogens is 383 g/mol. The van der Waals surface area contributed by atoms with E-state index in [2.05, 4.69) is 15.3 Å². The SMILES string of the molecule is CCCc1nc(SC)nc(CNC(=O)[C@H](CC2CCCC2)CN(O)C=O)c1F. The van der Waals surface area contributed by atoms with Gasteiger partial charge in [-0.25, -0.2) is 19.4 Å². The molecule has 1 aliphatic carbocycles. The van der Waals surface area contributed by atoms with E-state index in [4.69, 9.17) is 0 Å². The van der Waals surface area contributed by atoms with Crippen LogP contribution in [0.15, 0.2) is 5.16 Å². The fourth-order valence-electron chi connectivity index (χ4n) is 3.63. The molecule has 0 saturated heterocycles. The first kappa shape index (κ1) is 22.5. The molecule has 156 valence electrons. The molecule has 1 heterocycles. The molecule has 1 saturated carbocycles. The van der Waals surface area contributed by atoms with Gasteiger partial charge in [0.05, 0.1) is 24.7 Å². The van der Waals surface area contributed by atoms with E-state index in [-0.39, 0.29) is 24.7 Å². The van der Waals surface area contributed by atoms with Crippen LogP contribution >= 0.6 is 11.8 Å². The largest absolute Gasteiger partial charge is 0.350 e. The molecule has 1 fully saturated rings. The fourth-order valence-corrected chi connectivity index (χ4v) is 4.03. The first-order valence-corrected chi connectivity index (χ1v) is 11.0. The van der Waals surface area contributed by atoms with Gasteiger partial charge in [-0.1, -0.05) is 50.8 Å². The summed E-state index contributed by atoms with van der Waals surface area (Å²) >= 11 is 1.32. The number of carbonyl (C=O) groups is 2. The standard InChI is InChI=1S/C19H29FN4O3S/c1-3-6-15-17(20)16(23-19(22-15)28-2)10-21-18(26)14(11-24(27)12-25)9-13-7-4-5-8-13/h12-14,27H,3-11H2,1-2H3,(H,21,26)/t14-/m1/s1. The molecule has 2 rings (SSSR count). The highest BCUT2D eigenvalue weighted by molar-refractivity contribution is 7.98. The Hall–Kier alpha value is -1.74. The second-order valence-electron chi connectivity index (χ2n) is 7.20. The molecule has 2 N–H and O–H groups in total. The Balaban J connectivity index is 2.07. The Kier molecular flexibility index (Phi) is 9.11. The smallest absolute Gasteiger partial charge is 0.233 e. The monoisotopic (exact) mass is 412 g/mol. The van der Waals surface area contributed by atoms with E-state index in [1.807, 2.05) is 13.2 Å². The average Bonchev–Trinajstić information content (AvgIpc) is 3.20. The Morgan fingerprint density at radius 3 is 2.68 bits per heavy atom. The zero-order valence-electron chi connectivity index (χ0n) is 16.5. The number of amides is 2. The molecule has 1 atom stereocenters. The Morgan fingerprint density at radius 1 is 1.39 bits per heavy atom. The van der Waals surface area contributed by atoms with Gasteiger partial charge in [0, 0.05) is 0 Å². The summed E-state index contributed by atoms with van der Waals surface area (Å²) in [6.45, 7) is 1.82. The Labute approximate surface area is 169 Å². The second-order valence-corrected chi connectivity index (χ2v) is 7.97. The van der Waals surface area contributed by atoms with E-state index in [0.717, 1.165) is 32.1 Å². The summed E-state index contributed by atoms with van der Waals surface area (Å²) in [4.78, 5) is 31.9. The van der Waals surface area contributed by atoms with Gasteiger partial charge in [-0.3, -0.25) is 14.8 Å². The van der Waals surface area contributed by atoms with Gasteiger partial charge in [-0.05, 0) is 25.0 Å². The third kappa shape index (κ3) is 6.41. The molecule has 1 aromatic heterocycles. The summed E-state index contributed by atoms with van der Waals surface area (Å²) in [7, 11) is 0. The molecule has 1 aromatic rings. The van der Waals surface area contributed by atoms with Gasteiger partial charge in [0.25, 0.3) is 0 Å². The highest BCUT2D eigenvalue weighted by atomic mass is 32.2. The molecule has 0 radical (unpaired) electrons. The van der Waals surface area contributed by atoms with Gasteiger partial charge in [0.2, 0.25) is 12.3 Å². The van der Waals surface area contributed by atoms with E-state index in [9.17, 15) is 19.2 Å². The number of aryl methyl sites for hydroxylation is 1. The molecule has 0 aliphatic heterocycles. The van der Waals surface area contributed by atoms with Crippen LogP contribution in [0.3, 0.4) is 0 Å². The number of rotatable bonds is 11. The van der Waals surface area contributed by atoms with E-state index < -0.39 is 11.7 Å². The number of nitrogens with one attached hydrogen (secondary N) is 1. The molecule has 0 bridgehead atoms. The predicted molar refractivity (Wildman–Crippen MR) is 104 cm³/mol. The third-order valence-electron chi connectivity index (χ3n) is 5.06. The number of carbonyl (C=O) groups excluding carboxylic acids is 2. The Morgan fingerprint density at radius 2 is 2.07 bits per heavy atom. The maximum Gasteiger partial charge on any atom is 0.233 e. The van der Waals surface area contributed by atoms with Crippen molar-refractivity contribution in [2.24, 2.45) is 11.8 Å². The zero-order valence-corrected chi connectivity index (χ0v) is 17.3. The van der Waals surface area contributed by atoms with Crippen molar-refractivity contribution in [2.45, 2.75) is 63.6 Å². The van der Waals surface area contributed by atoms with Crippen LogP contribution in [-0.2, 0) is 22.6 Å². The number of halogens is 1. The van der Waals surface area contributed by atoms with Crippen molar-refractivity contribution in [3.8, 4) is 0 Å². The minimum Gasteiger partial charge on any atom is -0.350 e. The summed E-state index contributed by atoms with van der Waals surface area (Å²) in [5.74, 6) is -0.929. The number of hydroxylamine groups is 2. The summed E-state index contributed by atoms with van der Waals surface area (Å²) in [5.41, 5.74) is 0.517. The van der Waals surface area contributed by atoms with E-state index in [1.54, 1.807) is 0 Å². The zero-order chi connectivity index (χ0) is 20.5. The summed E-state index contributed by atoms with van der Waals surface area (Å²) < 4.78 is 14.6. The van der Waals surface area contributed by atoms with E-state index >= 15 is 0 Å². The maximum absolute atomic E-state index is 14.6. The van der Waals surface area contributed by atoms with Crippen molar-refractivity contribution in [1.82, 2.24) is 20.3 Å². The van der Waals surface area contributed by atoms with Gasteiger partial charge in [0.1, 0.15) is 5.69 Å². The van der Waals surface area contributed by atoms with Crippen molar-refractivity contribution in [1.29, 1.82) is 0 Å². The number of hydrogen-bond acceptors (Lipinski definition) is 6. The lowest BCUT2D eigenvalue weighted by molar-refractivity contribution is -0.155. The first-order valence-electron chi connectivity index (χ1n) is 9.76. The number of hydrogen-bond donors (Lipinski definition) is 2. The first-order chi connectivity index (χ1) is 13.5. The van der Waals surface area contributed by atoms with Gasteiger partial charge < -0.3 is 5.32 Å². The second kappa shape index (κ2) is 11.3. The van der Waals surface area contributed by atoms with Gasteiger partial charge >= 0.3 is 0 Å². The van der Waals surface area contributed by atoms with Crippen LogP contribution in [0.25, 0.3) is 0 Å². The predicted octanol–water partition coefficient (Wildman–Crippen LogP) is 2.95. The van der Waals surface area contributed by atoms with Crippen LogP contribution in [0.2, 0.25) is 0 Å². The van der Waals surface area contributed by atoms with Crippen LogP contribution in [0, 0.1) is 17.7 Å². The Bertz CT molecular complexity index is 671. The average molecular weight is 413 g/mol. The van der Waals surface area contributed by atoms with Crippen LogP contribution < -0.4 is 5.32 Å².